The van der Waals surface area contributed by atoms with E-state index in [1.807, 2.05) is 0 Å². The van der Waals surface area contributed by atoms with Crippen LogP contribution in [-0.4, -0.2) is 48.7 Å². The summed E-state index contributed by atoms with van der Waals surface area (Å²) in [4.78, 5) is 15.0. The van der Waals surface area contributed by atoms with Crippen molar-refractivity contribution >= 4 is 17.2 Å². The smallest absolute Gasteiger partial charge is 0.252 e. The van der Waals surface area contributed by atoms with E-state index in [9.17, 15) is 4.79 Å². The molecule has 2 N–H and O–H groups in total. The van der Waals surface area contributed by atoms with Crippen LogP contribution in [-0.2, 0) is 0 Å². The van der Waals surface area contributed by atoms with Crippen LogP contribution >= 0.6 is 11.3 Å². The van der Waals surface area contributed by atoms with E-state index in [0.717, 1.165) is 24.4 Å². The van der Waals surface area contributed by atoms with Crippen LogP contribution < -0.4 is 5.32 Å². The Kier molecular flexibility index (Phi) is 4.37. The van der Waals surface area contributed by atoms with Crippen LogP contribution in [0.3, 0.4) is 0 Å². The van der Waals surface area contributed by atoms with Gasteiger partial charge in [0.05, 0.1) is 10.4 Å². The number of hydrogen-bond acceptors (Lipinski definition) is 4. The summed E-state index contributed by atoms with van der Waals surface area (Å²) in [6.45, 7) is 1.78. The first-order chi connectivity index (χ1) is 8.69. The van der Waals surface area contributed by atoms with Gasteiger partial charge in [0.1, 0.15) is 6.61 Å². The van der Waals surface area contributed by atoms with Crippen molar-refractivity contribution in [1.82, 2.24) is 10.2 Å². The summed E-state index contributed by atoms with van der Waals surface area (Å²) in [5, 5.41) is 13.4. The lowest BCUT2D eigenvalue weighted by molar-refractivity contribution is 0.0939. The number of aliphatic hydroxyl groups is 1. The van der Waals surface area contributed by atoms with Gasteiger partial charge >= 0.3 is 0 Å². The van der Waals surface area contributed by atoms with Crippen LogP contribution in [0.5, 0.6) is 0 Å². The molecule has 96 valence electrons. The minimum Gasteiger partial charge on any atom is -0.384 e. The Morgan fingerprint density at radius 1 is 1.72 bits per heavy atom. The standard InChI is InChI=1S/C13H16N2O2S/c1-15-5-4-11(8-15)14-13(17)10-7-12(18-9-10)3-2-6-16/h7,9,11,16H,4-6,8H2,1H3,(H,14,17). The SMILES string of the molecule is CN1CCC(NC(=O)c2csc(C#CCO)c2)C1. The molecule has 1 aromatic rings. The number of amides is 1. The topological polar surface area (TPSA) is 52.6 Å². The highest BCUT2D eigenvalue weighted by atomic mass is 32.1. The highest BCUT2D eigenvalue weighted by Crippen LogP contribution is 2.14. The van der Waals surface area contributed by atoms with Crippen molar-refractivity contribution in [2.45, 2.75) is 12.5 Å². The first-order valence-corrected chi connectivity index (χ1v) is 6.74. The molecule has 1 amide bonds. The van der Waals surface area contributed by atoms with E-state index in [2.05, 4.69) is 29.1 Å². The lowest BCUT2D eigenvalue weighted by Crippen LogP contribution is -2.36. The molecule has 1 aliphatic rings. The van der Waals surface area contributed by atoms with Gasteiger partial charge < -0.3 is 15.3 Å². The number of aliphatic hydroxyl groups excluding tert-OH is 1. The van der Waals surface area contributed by atoms with Crippen molar-refractivity contribution in [3.63, 3.8) is 0 Å². The van der Waals surface area contributed by atoms with Crippen LogP contribution in [0.4, 0.5) is 0 Å². The van der Waals surface area contributed by atoms with Crippen molar-refractivity contribution in [1.29, 1.82) is 0 Å². The zero-order valence-corrected chi connectivity index (χ0v) is 11.1. The van der Waals surface area contributed by atoms with Crippen molar-refractivity contribution in [3.05, 3.63) is 21.9 Å². The average molecular weight is 264 g/mol. The molecule has 0 aromatic carbocycles. The molecular formula is C13H16N2O2S. The van der Waals surface area contributed by atoms with E-state index in [1.54, 1.807) is 11.4 Å². The number of rotatable bonds is 2. The summed E-state index contributed by atoms with van der Waals surface area (Å²) in [6, 6.07) is 2.01. The van der Waals surface area contributed by atoms with Gasteiger partial charge in [-0.25, -0.2) is 0 Å². The second-order valence-electron chi connectivity index (χ2n) is 4.38. The third-order valence-electron chi connectivity index (χ3n) is 2.88. The zero-order valence-electron chi connectivity index (χ0n) is 10.3. The van der Waals surface area contributed by atoms with Crippen molar-refractivity contribution in [2.24, 2.45) is 0 Å². The minimum absolute atomic E-state index is 0.0383. The monoisotopic (exact) mass is 264 g/mol. The Morgan fingerprint density at radius 3 is 3.22 bits per heavy atom. The third-order valence-corrected chi connectivity index (χ3v) is 3.72. The van der Waals surface area contributed by atoms with Crippen LogP contribution in [0.1, 0.15) is 21.7 Å². The fraction of sp³-hybridized carbons (Fsp3) is 0.462. The molecule has 4 nitrogen and oxygen atoms in total. The molecule has 1 saturated heterocycles. The Hall–Kier alpha value is -1.35. The quantitative estimate of drug-likeness (QED) is 0.766. The van der Waals surface area contributed by atoms with Gasteiger partial charge in [-0.3, -0.25) is 4.79 Å². The molecule has 1 aromatic heterocycles. The molecule has 0 aliphatic carbocycles. The summed E-state index contributed by atoms with van der Waals surface area (Å²) < 4.78 is 0. The first kappa shape index (κ1) is 13.1. The van der Waals surface area contributed by atoms with E-state index in [1.165, 1.54) is 11.3 Å². The van der Waals surface area contributed by atoms with E-state index in [4.69, 9.17) is 5.11 Å². The van der Waals surface area contributed by atoms with E-state index < -0.39 is 0 Å². The second kappa shape index (κ2) is 6.01. The molecule has 5 heteroatoms. The fourth-order valence-corrected chi connectivity index (χ4v) is 2.72. The van der Waals surface area contributed by atoms with Gasteiger partial charge in [0, 0.05) is 18.0 Å². The van der Waals surface area contributed by atoms with Crippen molar-refractivity contribution < 1.29 is 9.90 Å². The Balaban J connectivity index is 1.94. The molecule has 2 rings (SSSR count). The maximum atomic E-state index is 12.0. The number of likely N-dealkylation sites (tertiary alicyclic amines) is 1. The normalized spacial score (nSPS) is 19.3. The summed E-state index contributed by atoms with van der Waals surface area (Å²) in [5.41, 5.74) is 0.650. The van der Waals surface area contributed by atoms with E-state index in [0.29, 0.717) is 5.56 Å². The molecule has 1 atom stereocenters. The van der Waals surface area contributed by atoms with Gasteiger partial charge in [-0.15, -0.1) is 11.3 Å². The Bertz CT molecular complexity index is 487. The van der Waals surface area contributed by atoms with Crippen molar-refractivity contribution in [2.75, 3.05) is 26.7 Å². The summed E-state index contributed by atoms with van der Waals surface area (Å²) in [7, 11) is 2.05. The minimum atomic E-state index is -0.159. The molecule has 2 heterocycles. The predicted octanol–water partition coefficient (Wildman–Crippen LogP) is 0.526. The highest BCUT2D eigenvalue weighted by Gasteiger charge is 2.21. The number of nitrogens with one attached hydrogen (secondary N) is 1. The van der Waals surface area contributed by atoms with Gasteiger partial charge in [-0.05, 0) is 26.1 Å². The average Bonchev–Trinajstić information content (AvgIpc) is 2.96. The second-order valence-corrected chi connectivity index (χ2v) is 5.29. The van der Waals surface area contributed by atoms with Gasteiger partial charge in [0.15, 0.2) is 0 Å². The fourth-order valence-electron chi connectivity index (χ4n) is 1.97. The highest BCUT2D eigenvalue weighted by molar-refractivity contribution is 7.10. The lowest BCUT2D eigenvalue weighted by Gasteiger charge is -2.11. The molecule has 0 spiro atoms. The number of carbonyl (C=O) groups is 1. The molecule has 1 unspecified atom stereocenters. The molecule has 0 bridgehead atoms. The number of hydrogen-bond donors (Lipinski definition) is 2. The first-order valence-electron chi connectivity index (χ1n) is 5.86. The van der Waals surface area contributed by atoms with Crippen LogP contribution in [0.25, 0.3) is 0 Å². The molecule has 1 aliphatic heterocycles. The zero-order chi connectivity index (χ0) is 13.0. The van der Waals surface area contributed by atoms with Gasteiger partial charge in [-0.2, -0.15) is 0 Å². The summed E-state index contributed by atoms with van der Waals surface area (Å²) >= 11 is 1.42. The molecule has 18 heavy (non-hydrogen) atoms. The summed E-state index contributed by atoms with van der Waals surface area (Å²) in [6.07, 6.45) is 1.00. The summed E-state index contributed by atoms with van der Waals surface area (Å²) in [5.74, 6) is 5.34. The van der Waals surface area contributed by atoms with Crippen molar-refractivity contribution in [3.8, 4) is 11.8 Å². The number of likely N-dealkylation sites (N-methyl/N-ethyl adjacent to an activating group) is 1. The molecule has 0 saturated carbocycles. The maximum absolute atomic E-state index is 12.0. The van der Waals surface area contributed by atoms with Gasteiger partial charge in [0.25, 0.3) is 5.91 Å². The number of thiophene rings is 1. The molecule has 1 fully saturated rings. The third kappa shape index (κ3) is 3.33. The molecular weight excluding hydrogens is 248 g/mol. The Labute approximate surface area is 111 Å². The Morgan fingerprint density at radius 2 is 2.56 bits per heavy atom. The molecule has 0 radical (unpaired) electrons. The van der Waals surface area contributed by atoms with Crippen LogP contribution in [0, 0.1) is 11.8 Å². The van der Waals surface area contributed by atoms with Gasteiger partial charge in [-0.1, -0.05) is 11.8 Å². The maximum Gasteiger partial charge on any atom is 0.252 e. The lowest BCUT2D eigenvalue weighted by atomic mass is 10.2. The van der Waals surface area contributed by atoms with E-state index in [-0.39, 0.29) is 18.6 Å². The van der Waals surface area contributed by atoms with Crippen LogP contribution in [0.15, 0.2) is 11.4 Å². The van der Waals surface area contributed by atoms with Crippen LogP contribution in [0.2, 0.25) is 0 Å². The van der Waals surface area contributed by atoms with E-state index >= 15 is 0 Å². The number of carbonyl (C=O) groups excluding carboxylic acids is 1. The predicted molar refractivity (Wildman–Crippen MR) is 71.7 cm³/mol. The largest absolute Gasteiger partial charge is 0.384 e. The number of nitrogens with zero attached hydrogens (tertiary/aromatic N) is 1. The van der Waals surface area contributed by atoms with Gasteiger partial charge in [0.2, 0.25) is 0 Å².